The lowest BCUT2D eigenvalue weighted by atomic mass is 10.3. The van der Waals surface area contributed by atoms with Crippen molar-refractivity contribution in [1.29, 1.82) is 5.26 Å². The molecule has 0 amide bonds. The van der Waals surface area contributed by atoms with E-state index in [1.807, 2.05) is 25.1 Å². The molecule has 27 heavy (non-hydrogen) atoms. The Hall–Kier alpha value is -1.19. The molecule has 0 bridgehead atoms. The fraction of sp³-hybridized carbons (Fsp3) is 0.667. The molecule has 6 nitrogen and oxygen atoms in total. The second-order valence-electron chi connectivity index (χ2n) is 8.80. The van der Waals surface area contributed by atoms with Gasteiger partial charge in [-0.05, 0) is 76.6 Å². The predicted molar refractivity (Wildman–Crippen MR) is 117 cm³/mol. The lowest BCUT2D eigenvalue weighted by Gasteiger charge is -2.38. The van der Waals surface area contributed by atoms with E-state index >= 15 is 0 Å². The van der Waals surface area contributed by atoms with Crippen LogP contribution >= 0.6 is 0 Å². The number of allylic oxidation sites excluding steroid dienone is 2. The monoisotopic (exact) mass is 428 g/mol. The minimum Gasteiger partial charge on any atom is -0.462 e. The summed E-state index contributed by atoms with van der Waals surface area (Å²) >= 11 is 0. The molecule has 0 aromatic rings. The number of nitrogens with zero attached hydrogens (tertiary/aromatic N) is 2. The van der Waals surface area contributed by atoms with Gasteiger partial charge in [0.25, 0.3) is 0 Å². The first-order valence-corrected chi connectivity index (χ1v) is 18.5. The zero-order valence-electron chi connectivity index (χ0n) is 18.4. The van der Waals surface area contributed by atoms with Gasteiger partial charge in [-0.25, -0.2) is 4.79 Å². The Kier molecular flexibility index (Phi) is 10.5. The summed E-state index contributed by atoms with van der Waals surface area (Å²) < 4.78 is 18.1. The Morgan fingerprint density at radius 3 is 1.96 bits per heavy atom. The van der Waals surface area contributed by atoms with Crippen molar-refractivity contribution in [3.8, 4) is 6.07 Å². The van der Waals surface area contributed by atoms with Crippen molar-refractivity contribution in [3.05, 3.63) is 23.9 Å². The van der Waals surface area contributed by atoms with E-state index in [4.69, 9.17) is 18.2 Å². The summed E-state index contributed by atoms with van der Waals surface area (Å²) in [6.07, 6.45) is 5.52. The van der Waals surface area contributed by atoms with Crippen LogP contribution in [-0.4, -0.2) is 56.8 Å². The molecule has 0 atom stereocenters. The molecule has 0 spiro atoms. The maximum Gasteiger partial charge on any atom is 0.348 e. The largest absolute Gasteiger partial charge is 0.462 e. The van der Waals surface area contributed by atoms with E-state index in [2.05, 4.69) is 45.8 Å². The lowest BCUT2D eigenvalue weighted by Crippen LogP contribution is -2.52. The lowest BCUT2D eigenvalue weighted by molar-refractivity contribution is -0.138. The topological polar surface area (TPSA) is 71.8 Å². The maximum absolute atomic E-state index is 12.0. The maximum atomic E-state index is 12.0. The summed E-state index contributed by atoms with van der Waals surface area (Å²) in [5, 5.41) is 9.11. The van der Waals surface area contributed by atoms with Gasteiger partial charge >= 0.3 is 14.5 Å². The Bertz CT molecular complexity index is 569. The number of hydrogen-bond donors (Lipinski definition) is 0. The molecule has 154 valence electrons. The van der Waals surface area contributed by atoms with Gasteiger partial charge < -0.3 is 17.9 Å². The molecule has 0 aliphatic rings. The van der Waals surface area contributed by atoms with Crippen molar-refractivity contribution in [2.45, 2.75) is 58.3 Å². The Labute approximate surface area is 168 Å². The van der Waals surface area contributed by atoms with E-state index in [9.17, 15) is 4.79 Å². The third-order valence-corrected chi connectivity index (χ3v) is 12.7. The predicted octanol–water partition coefficient (Wildman–Crippen LogP) is 4.22. The summed E-state index contributed by atoms with van der Waals surface area (Å²) in [5.41, 5.74) is -0.00944. The molecule has 0 aromatic heterocycles. The molecule has 0 saturated carbocycles. The first kappa shape index (κ1) is 25.8. The third kappa shape index (κ3) is 13.6. The third-order valence-electron chi connectivity index (χ3n) is 3.04. The van der Waals surface area contributed by atoms with Gasteiger partial charge in [-0.3, -0.25) is 0 Å². The molecule has 0 aliphatic carbocycles. The molecule has 0 fully saturated rings. The van der Waals surface area contributed by atoms with Crippen LogP contribution < -0.4 is 0 Å². The van der Waals surface area contributed by atoms with Crippen LogP contribution in [0, 0.1) is 11.3 Å². The number of carbonyl (C=O) groups excluding carboxylic acids is 1. The van der Waals surface area contributed by atoms with Crippen LogP contribution in [0.4, 0.5) is 0 Å². The summed E-state index contributed by atoms with van der Waals surface area (Å²) in [6, 6.07) is 2.65. The van der Waals surface area contributed by atoms with Crippen LogP contribution in [0.3, 0.4) is 0 Å². The van der Waals surface area contributed by atoms with Gasteiger partial charge in [0, 0.05) is 14.1 Å². The Morgan fingerprint density at radius 1 is 1.04 bits per heavy atom. The number of nitriles is 1. The van der Waals surface area contributed by atoms with Crippen molar-refractivity contribution in [2.24, 2.45) is 0 Å². The van der Waals surface area contributed by atoms with Crippen molar-refractivity contribution >= 4 is 31.2 Å². The molecule has 0 rings (SSSR count). The van der Waals surface area contributed by atoms with Gasteiger partial charge in [0.15, 0.2) is 16.6 Å². The van der Waals surface area contributed by atoms with Crippen molar-refractivity contribution in [3.63, 3.8) is 0 Å². The van der Waals surface area contributed by atoms with Crippen LogP contribution in [-0.2, 0) is 17.8 Å². The van der Waals surface area contributed by atoms with Gasteiger partial charge in [-0.1, -0.05) is 0 Å². The zero-order chi connectivity index (χ0) is 21.3. The van der Waals surface area contributed by atoms with E-state index < -0.39 is 31.2 Å². The number of hydrogen-bond acceptors (Lipinski definition) is 6. The summed E-state index contributed by atoms with van der Waals surface area (Å²) in [4.78, 5) is 13.9. The highest BCUT2D eigenvalue weighted by molar-refractivity contribution is 6.87. The van der Waals surface area contributed by atoms with Crippen LogP contribution in [0.25, 0.3) is 0 Å². The van der Waals surface area contributed by atoms with Crippen LogP contribution in [0.5, 0.6) is 0 Å². The zero-order valence-corrected chi connectivity index (χ0v) is 21.4. The average molecular weight is 429 g/mol. The number of rotatable bonds is 11. The summed E-state index contributed by atoms with van der Waals surface area (Å²) in [7, 11) is -2.07. The molecular weight excluding hydrogens is 392 g/mol. The quantitative estimate of drug-likeness (QED) is 0.122. The fourth-order valence-corrected chi connectivity index (χ4v) is 15.0. The van der Waals surface area contributed by atoms with Gasteiger partial charge in [-0.15, -0.1) is 0 Å². The van der Waals surface area contributed by atoms with Crippen molar-refractivity contribution < 1.29 is 17.8 Å². The van der Waals surface area contributed by atoms with Gasteiger partial charge in [-0.2, -0.15) is 5.26 Å². The summed E-state index contributed by atoms with van der Waals surface area (Å²) in [5.74, 6) is -0.596. The first-order valence-electron chi connectivity index (χ1n) is 9.20. The van der Waals surface area contributed by atoms with Crippen LogP contribution in [0.2, 0.25) is 51.9 Å². The normalized spacial score (nSPS) is 13.6. The standard InChI is InChI=1S/C18H36N2O4Si3/c1-20(2)13-10-12-17(16-19)18(21)22-14-11-15-27(9,23-25(3,4)5)24-26(6,7)8/h10,12-13H,11,14-15H2,1-9H3. The Morgan fingerprint density at radius 2 is 1.56 bits per heavy atom. The highest BCUT2D eigenvalue weighted by atomic mass is 28.5. The highest BCUT2D eigenvalue weighted by Crippen LogP contribution is 2.25. The molecule has 0 saturated heterocycles. The second kappa shape index (κ2) is 11.0. The molecule has 0 heterocycles. The number of ether oxygens (including phenoxy) is 1. The number of esters is 1. The van der Waals surface area contributed by atoms with E-state index in [-0.39, 0.29) is 12.2 Å². The molecule has 0 aliphatic heterocycles. The summed E-state index contributed by atoms with van der Waals surface area (Å²) in [6.45, 7) is 15.3. The van der Waals surface area contributed by atoms with E-state index in [0.717, 1.165) is 6.04 Å². The molecule has 0 aromatic carbocycles. The minimum atomic E-state index is -2.33. The van der Waals surface area contributed by atoms with E-state index in [1.165, 1.54) is 6.08 Å². The molecule has 9 heteroatoms. The van der Waals surface area contributed by atoms with Crippen LogP contribution in [0.1, 0.15) is 6.42 Å². The number of carbonyl (C=O) groups is 1. The molecule has 0 radical (unpaired) electrons. The van der Waals surface area contributed by atoms with Gasteiger partial charge in [0.1, 0.15) is 11.6 Å². The Balaban J connectivity index is 4.76. The minimum absolute atomic E-state index is 0.00944. The van der Waals surface area contributed by atoms with E-state index in [0.29, 0.717) is 6.42 Å². The van der Waals surface area contributed by atoms with E-state index in [1.54, 1.807) is 12.3 Å². The SMILES string of the molecule is CN(C)C=CC=C(C#N)C(=O)OCCC[Si](C)(O[Si](C)(C)C)O[Si](C)(C)C. The van der Waals surface area contributed by atoms with Crippen LogP contribution in [0.15, 0.2) is 23.9 Å². The van der Waals surface area contributed by atoms with Crippen molar-refractivity contribution in [2.75, 3.05) is 20.7 Å². The highest BCUT2D eigenvalue weighted by Gasteiger charge is 2.39. The smallest absolute Gasteiger partial charge is 0.348 e. The molecular formula is C18H36N2O4Si3. The van der Waals surface area contributed by atoms with Crippen molar-refractivity contribution in [1.82, 2.24) is 4.90 Å². The molecule has 0 unspecified atom stereocenters. The molecule has 0 N–H and O–H groups in total. The fourth-order valence-electron chi connectivity index (χ4n) is 2.52. The van der Waals surface area contributed by atoms with Gasteiger partial charge in [0.05, 0.1) is 6.61 Å². The van der Waals surface area contributed by atoms with Gasteiger partial charge in [0.2, 0.25) is 0 Å². The average Bonchev–Trinajstić information content (AvgIpc) is 2.43. The first-order chi connectivity index (χ1) is 12.2. The second-order valence-corrected chi connectivity index (χ2v) is 21.6.